The highest BCUT2D eigenvalue weighted by Crippen LogP contribution is 2.18. The number of amides is 1. The van der Waals surface area contributed by atoms with Crippen LogP contribution in [0.1, 0.15) is 25.0 Å². The summed E-state index contributed by atoms with van der Waals surface area (Å²) in [5.41, 5.74) is 6.52. The van der Waals surface area contributed by atoms with E-state index in [0.29, 0.717) is 0 Å². The topological polar surface area (TPSA) is 53.5 Å². The zero-order valence-corrected chi connectivity index (χ0v) is 17.7. The molecule has 27 heavy (non-hydrogen) atoms. The van der Waals surface area contributed by atoms with E-state index in [1.54, 1.807) is 0 Å². The van der Waals surface area contributed by atoms with Gasteiger partial charge in [-0.25, -0.2) is 5.43 Å². The van der Waals surface area contributed by atoms with E-state index in [0.717, 1.165) is 22.3 Å². The van der Waals surface area contributed by atoms with Crippen LogP contribution in [-0.4, -0.2) is 17.7 Å². The van der Waals surface area contributed by atoms with E-state index in [-0.39, 0.29) is 5.91 Å². The Morgan fingerprint density at radius 1 is 1.04 bits per heavy atom. The number of benzene rings is 3. The summed E-state index contributed by atoms with van der Waals surface area (Å²) >= 11 is 2.29. The van der Waals surface area contributed by atoms with Gasteiger partial charge in [-0.05, 0) is 89.5 Å². The van der Waals surface area contributed by atoms with E-state index in [4.69, 9.17) is 0 Å². The first-order chi connectivity index (χ1) is 12.9. The van der Waals surface area contributed by atoms with Crippen molar-refractivity contribution in [3.63, 3.8) is 0 Å². The quantitative estimate of drug-likeness (QED) is 0.309. The van der Waals surface area contributed by atoms with Crippen molar-refractivity contribution < 1.29 is 4.79 Å². The lowest BCUT2D eigenvalue weighted by Crippen LogP contribution is -2.35. The molecule has 5 heteroatoms. The van der Waals surface area contributed by atoms with Gasteiger partial charge in [-0.15, -0.1) is 0 Å². The van der Waals surface area contributed by atoms with Gasteiger partial charge in [-0.1, -0.05) is 36.4 Å². The fourth-order valence-electron chi connectivity index (χ4n) is 2.76. The molecule has 0 bridgehead atoms. The second-order valence-corrected chi connectivity index (χ2v) is 7.73. The fraction of sp³-hybridized carbons (Fsp3) is 0.182. The van der Waals surface area contributed by atoms with Crippen LogP contribution in [0.5, 0.6) is 0 Å². The first-order valence-electron chi connectivity index (χ1n) is 8.80. The largest absolute Gasteiger partial charge is 0.374 e. The van der Waals surface area contributed by atoms with Crippen LogP contribution < -0.4 is 10.7 Å². The molecular formula is C22H22IN3O. The Hall–Kier alpha value is -2.41. The monoisotopic (exact) mass is 471 g/mol. The maximum Gasteiger partial charge on any atom is 0.262 e. The van der Waals surface area contributed by atoms with Crippen molar-refractivity contribution in [2.45, 2.75) is 26.8 Å². The van der Waals surface area contributed by atoms with Gasteiger partial charge in [-0.2, -0.15) is 5.10 Å². The van der Waals surface area contributed by atoms with Gasteiger partial charge >= 0.3 is 0 Å². The zero-order chi connectivity index (χ0) is 19.4. The van der Waals surface area contributed by atoms with Crippen LogP contribution in [0.2, 0.25) is 0 Å². The zero-order valence-electron chi connectivity index (χ0n) is 15.6. The van der Waals surface area contributed by atoms with Crippen LogP contribution in [0.15, 0.2) is 65.8 Å². The van der Waals surface area contributed by atoms with Crippen molar-refractivity contribution in [1.29, 1.82) is 0 Å². The smallest absolute Gasteiger partial charge is 0.262 e. The standard InChI is InChI=1S/C22H22IN3O/c1-14-12-20(10-11-21(14)23)24-16(3)22(27)26-25-15(2)18-9-8-17-6-4-5-7-19(17)13-18/h4-13,16,24H,1-3H3,(H,26,27). The highest BCUT2D eigenvalue weighted by Gasteiger charge is 2.12. The third-order valence-corrected chi connectivity index (χ3v) is 5.65. The van der Waals surface area contributed by atoms with Gasteiger partial charge in [0.05, 0.1) is 5.71 Å². The van der Waals surface area contributed by atoms with Crippen molar-refractivity contribution in [3.05, 3.63) is 75.4 Å². The molecule has 1 amide bonds. The normalized spacial score (nSPS) is 12.7. The van der Waals surface area contributed by atoms with E-state index in [1.807, 2.05) is 50.2 Å². The summed E-state index contributed by atoms with van der Waals surface area (Å²) in [6.45, 7) is 5.77. The Balaban J connectivity index is 1.65. The van der Waals surface area contributed by atoms with Crippen LogP contribution >= 0.6 is 22.6 Å². The molecule has 3 aromatic carbocycles. The molecule has 0 spiro atoms. The van der Waals surface area contributed by atoms with Gasteiger partial charge in [0, 0.05) is 9.26 Å². The number of hydrogen-bond donors (Lipinski definition) is 2. The van der Waals surface area contributed by atoms with E-state index < -0.39 is 6.04 Å². The van der Waals surface area contributed by atoms with E-state index in [1.165, 1.54) is 14.5 Å². The third-order valence-electron chi connectivity index (χ3n) is 4.44. The lowest BCUT2D eigenvalue weighted by molar-refractivity contribution is -0.121. The summed E-state index contributed by atoms with van der Waals surface area (Å²) in [4.78, 5) is 12.4. The van der Waals surface area contributed by atoms with Gasteiger partial charge in [0.1, 0.15) is 6.04 Å². The molecule has 1 unspecified atom stereocenters. The van der Waals surface area contributed by atoms with Crippen LogP contribution in [0.4, 0.5) is 5.69 Å². The third kappa shape index (κ3) is 4.86. The molecule has 138 valence electrons. The predicted molar refractivity (Wildman–Crippen MR) is 121 cm³/mol. The maximum atomic E-state index is 12.4. The number of carbonyl (C=O) groups is 1. The molecule has 0 fully saturated rings. The number of hydrazone groups is 1. The van der Waals surface area contributed by atoms with Crippen molar-refractivity contribution in [1.82, 2.24) is 5.43 Å². The number of nitrogens with zero attached hydrogens (tertiary/aromatic N) is 1. The molecule has 4 nitrogen and oxygen atoms in total. The summed E-state index contributed by atoms with van der Waals surface area (Å²) in [6, 6.07) is 20.0. The number of aryl methyl sites for hydroxylation is 1. The summed E-state index contributed by atoms with van der Waals surface area (Å²) in [5, 5.41) is 9.82. The lowest BCUT2D eigenvalue weighted by atomic mass is 10.0. The number of hydrogen-bond acceptors (Lipinski definition) is 3. The van der Waals surface area contributed by atoms with Gasteiger partial charge < -0.3 is 5.32 Å². The molecule has 3 aromatic rings. The van der Waals surface area contributed by atoms with Gasteiger partial charge in [0.15, 0.2) is 0 Å². The molecule has 2 N–H and O–H groups in total. The molecule has 3 rings (SSSR count). The Kier molecular flexibility index (Phi) is 6.11. The Morgan fingerprint density at radius 2 is 1.78 bits per heavy atom. The summed E-state index contributed by atoms with van der Waals surface area (Å²) in [7, 11) is 0. The summed E-state index contributed by atoms with van der Waals surface area (Å²) in [5.74, 6) is -0.175. The molecule has 0 aliphatic carbocycles. The molecule has 0 saturated carbocycles. The van der Waals surface area contributed by atoms with Crippen molar-refractivity contribution in [2.24, 2.45) is 5.10 Å². The number of rotatable bonds is 5. The van der Waals surface area contributed by atoms with Crippen LogP contribution in [0.25, 0.3) is 10.8 Å². The van der Waals surface area contributed by atoms with Crippen LogP contribution in [0.3, 0.4) is 0 Å². The average molecular weight is 471 g/mol. The van der Waals surface area contributed by atoms with Crippen LogP contribution in [0, 0.1) is 10.5 Å². The Labute approximate surface area is 173 Å². The molecular weight excluding hydrogens is 449 g/mol. The van der Waals surface area contributed by atoms with E-state index >= 15 is 0 Å². The summed E-state index contributed by atoms with van der Waals surface area (Å²) < 4.78 is 1.20. The molecule has 0 aliphatic rings. The first kappa shape index (κ1) is 19.4. The SMILES string of the molecule is CC(=NNC(=O)C(C)Nc1ccc(I)c(C)c1)c1ccc2ccccc2c1. The van der Waals surface area contributed by atoms with Crippen molar-refractivity contribution in [3.8, 4) is 0 Å². The average Bonchev–Trinajstić information content (AvgIpc) is 2.68. The number of halogens is 1. The molecule has 0 heterocycles. The molecule has 0 aromatic heterocycles. The molecule has 0 saturated heterocycles. The number of fused-ring (bicyclic) bond motifs is 1. The van der Waals surface area contributed by atoms with Gasteiger partial charge in [-0.3, -0.25) is 4.79 Å². The lowest BCUT2D eigenvalue weighted by Gasteiger charge is -2.14. The maximum absolute atomic E-state index is 12.4. The minimum absolute atomic E-state index is 0.175. The number of anilines is 1. The molecule has 0 radical (unpaired) electrons. The minimum atomic E-state index is -0.391. The van der Waals surface area contributed by atoms with Gasteiger partial charge in [0.2, 0.25) is 0 Å². The first-order valence-corrected chi connectivity index (χ1v) is 9.88. The second-order valence-electron chi connectivity index (χ2n) is 6.57. The Bertz CT molecular complexity index is 1010. The fourth-order valence-corrected chi connectivity index (χ4v) is 3.10. The highest BCUT2D eigenvalue weighted by atomic mass is 127. The Morgan fingerprint density at radius 3 is 2.52 bits per heavy atom. The van der Waals surface area contributed by atoms with Gasteiger partial charge in [0.25, 0.3) is 5.91 Å². The van der Waals surface area contributed by atoms with Crippen LogP contribution in [-0.2, 0) is 4.79 Å². The summed E-state index contributed by atoms with van der Waals surface area (Å²) in [6.07, 6.45) is 0. The number of carbonyl (C=O) groups excluding carboxylic acids is 1. The molecule has 1 atom stereocenters. The number of nitrogens with one attached hydrogen (secondary N) is 2. The van der Waals surface area contributed by atoms with Crippen molar-refractivity contribution in [2.75, 3.05) is 5.32 Å². The molecule has 0 aliphatic heterocycles. The minimum Gasteiger partial charge on any atom is -0.374 e. The van der Waals surface area contributed by atoms with E-state index in [2.05, 4.69) is 69.6 Å². The van der Waals surface area contributed by atoms with E-state index in [9.17, 15) is 4.79 Å². The van der Waals surface area contributed by atoms with Crippen molar-refractivity contribution >= 4 is 50.7 Å². The second kappa shape index (κ2) is 8.52. The predicted octanol–water partition coefficient (Wildman–Crippen LogP) is 5.09. The highest BCUT2D eigenvalue weighted by molar-refractivity contribution is 14.1.